The van der Waals surface area contributed by atoms with Crippen LogP contribution in [0, 0.1) is 0 Å². The normalized spacial score (nSPS) is 10.9. The molecule has 23 heavy (non-hydrogen) atoms. The molecule has 120 valence electrons. The Labute approximate surface area is 128 Å². The second kappa shape index (κ2) is 6.89. The first-order chi connectivity index (χ1) is 10.9. The fourth-order valence-electron chi connectivity index (χ4n) is 1.81. The Morgan fingerprint density at radius 2 is 2.09 bits per heavy atom. The molecule has 2 rings (SSSR count). The van der Waals surface area contributed by atoms with Crippen LogP contribution < -0.4 is 5.32 Å². The Bertz CT molecular complexity index is 748. The Morgan fingerprint density at radius 1 is 1.30 bits per heavy atom. The number of benzene rings is 1. The second-order valence-corrected chi connectivity index (χ2v) is 4.54. The Morgan fingerprint density at radius 3 is 2.78 bits per heavy atom. The smallest absolute Gasteiger partial charge is 0.416 e. The van der Waals surface area contributed by atoms with Gasteiger partial charge in [0.25, 0.3) is 5.91 Å². The number of hydrogen-bond acceptors (Lipinski definition) is 3. The van der Waals surface area contributed by atoms with Gasteiger partial charge < -0.3 is 9.73 Å². The molecule has 9 heteroatoms. The van der Waals surface area contributed by atoms with E-state index in [2.05, 4.69) is 15.3 Å². The van der Waals surface area contributed by atoms with Crippen LogP contribution in [0.4, 0.5) is 13.2 Å². The van der Waals surface area contributed by atoms with Gasteiger partial charge in [0.15, 0.2) is 5.76 Å². The first-order valence-electron chi connectivity index (χ1n) is 6.44. The number of hydrogen-bond donors (Lipinski definition) is 1. The van der Waals surface area contributed by atoms with E-state index < -0.39 is 17.6 Å². The van der Waals surface area contributed by atoms with Crippen molar-refractivity contribution in [3.63, 3.8) is 0 Å². The predicted octanol–water partition coefficient (Wildman–Crippen LogP) is 4.04. The van der Waals surface area contributed by atoms with E-state index in [1.807, 2.05) is 0 Å². The van der Waals surface area contributed by atoms with Crippen molar-refractivity contribution in [2.75, 3.05) is 0 Å². The summed E-state index contributed by atoms with van der Waals surface area (Å²) in [7, 11) is 0. The monoisotopic (exact) mass is 324 g/mol. The van der Waals surface area contributed by atoms with Crippen LogP contribution >= 0.6 is 0 Å². The number of azide groups is 1. The highest BCUT2D eigenvalue weighted by atomic mass is 19.4. The number of furan rings is 1. The van der Waals surface area contributed by atoms with E-state index in [1.54, 1.807) is 0 Å². The number of carbonyl (C=O) groups excluding carboxylic acids is 1. The topological polar surface area (TPSA) is 91.0 Å². The molecule has 0 unspecified atom stereocenters. The molecule has 0 fully saturated rings. The van der Waals surface area contributed by atoms with Crippen LogP contribution in [0.2, 0.25) is 0 Å². The van der Waals surface area contributed by atoms with Crippen LogP contribution in [0.3, 0.4) is 0 Å². The van der Waals surface area contributed by atoms with Crippen molar-refractivity contribution in [2.24, 2.45) is 5.11 Å². The molecule has 0 saturated carbocycles. The van der Waals surface area contributed by atoms with E-state index >= 15 is 0 Å². The molecule has 0 radical (unpaired) electrons. The highest BCUT2D eigenvalue weighted by Crippen LogP contribution is 2.29. The maximum Gasteiger partial charge on any atom is 0.416 e. The average molecular weight is 324 g/mol. The average Bonchev–Trinajstić information content (AvgIpc) is 2.99. The van der Waals surface area contributed by atoms with Crippen molar-refractivity contribution in [1.82, 2.24) is 5.32 Å². The quantitative estimate of drug-likeness (QED) is 0.511. The zero-order valence-corrected chi connectivity index (χ0v) is 11.7. The molecule has 0 aliphatic carbocycles. The number of carbonyl (C=O) groups is 1. The Balaban J connectivity index is 1.99. The summed E-state index contributed by atoms with van der Waals surface area (Å²) in [5, 5.41) is 5.75. The van der Waals surface area contributed by atoms with E-state index in [0.717, 1.165) is 12.1 Å². The molecule has 0 atom stereocenters. The standard InChI is InChI=1S/C14H11F3N4O2/c15-14(16,17)10-3-1-2-9(6-10)7-19-13(22)12-5-4-11(23-12)8-20-21-18/h1-6H,7-8H2,(H,19,22). The minimum atomic E-state index is -4.43. The molecular formula is C14H11F3N4O2. The lowest BCUT2D eigenvalue weighted by atomic mass is 10.1. The van der Waals surface area contributed by atoms with Crippen molar-refractivity contribution in [2.45, 2.75) is 19.3 Å². The lowest BCUT2D eigenvalue weighted by Crippen LogP contribution is -2.22. The minimum absolute atomic E-state index is 0.0138. The molecule has 0 aliphatic heterocycles. The maximum atomic E-state index is 12.6. The number of nitrogens with zero attached hydrogens (tertiary/aromatic N) is 3. The van der Waals surface area contributed by atoms with Crippen LogP contribution in [0.1, 0.15) is 27.4 Å². The number of amides is 1. The van der Waals surface area contributed by atoms with Gasteiger partial charge in [-0.25, -0.2) is 0 Å². The van der Waals surface area contributed by atoms with Crippen molar-refractivity contribution < 1.29 is 22.4 Å². The summed E-state index contributed by atoms with van der Waals surface area (Å²) in [5.41, 5.74) is 7.73. The molecular weight excluding hydrogens is 313 g/mol. The number of halogens is 3. The van der Waals surface area contributed by atoms with Gasteiger partial charge >= 0.3 is 6.18 Å². The van der Waals surface area contributed by atoms with E-state index in [1.165, 1.54) is 24.3 Å². The predicted molar refractivity (Wildman–Crippen MR) is 74.2 cm³/mol. The summed E-state index contributed by atoms with van der Waals surface area (Å²) < 4.78 is 43.0. The van der Waals surface area contributed by atoms with Gasteiger partial charge in [-0.05, 0) is 35.4 Å². The molecule has 0 spiro atoms. The number of alkyl halides is 3. The molecule has 0 saturated heterocycles. The van der Waals surface area contributed by atoms with Gasteiger partial charge in [0.2, 0.25) is 0 Å². The SMILES string of the molecule is [N-]=[N+]=NCc1ccc(C(=O)NCc2cccc(C(F)(F)F)c2)o1. The second-order valence-electron chi connectivity index (χ2n) is 4.54. The fourth-order valence-corrected chi connectivity index (χ4v) is 1.81. The van der Waals surface area contributed by atoms with Gasteiger partial charge in [0.05, 0.1) is 12.1 Å². The van der Waals surface area contributed by atoms with Crippen LogP contribution in [0.15, 0.2) is 45.9 Å². The van der Waals surface area contributed by atoms with Crippen molar-refractivity contribution in [3.8, 4) is 0 Å². The molecule has 1 amide bonds. The van der Waals surface area contributed by atoms with E-state index in [4.69, 9.17) is 9.95 Å². The molecule has 1 aromatic heterocycles. The summed E-state index contributed by atoms with van der Waals surface area (Å²) in [6, 6.07) is 7.55. The number of nitrogens with one attached hydrogen (secondary N) is 1. The van der Waals surface area contributed by atoms with Crippen molar-refractivity contribution in [1.29, 1.82) is 0 Å². The molecule has 2 aromatic rings. The summed E-state index contributed by atoms with van der Waals surface area (Å²) in [4.78, 5) is 14.4. The number of rotatable bonds is 5. The minimum Gasteiger partial charge on any atom is -0.456 e. The summed E-state index contributed by atoms with van der Waals surface area (Å²) in [6.07, 6.45) is -4.43. The first-order valence-corrected chi connectivity index (χ1v) is 6.44. The van der Waals surface area contributed by atoms with Gasteiger partial charge in [-0.15, -0.1) is 0 Å². The van der Waals surface area contributed by atoms with E-state index in [-0.39, 0.29) is 18.8 Å². The van der Waals surface area contributed by atoms with Crippen molar-refractivity contribution in [3.05, 3.63) is 69.5 Å². The molecule has 1 N–H and O–H groups in total. The summed E-state index contributed by atoms with van der Waals surface area (Å²) >= 11 is 0. The lowest BCUT2D eigenvalue weighted by molar-refractivity contribution is -0.137. The van der Waals surface area contributed by atoms with Crippen molar-refractivity contribution >= 4 is 5.91 Å². The third-order valence-electron chi connectivity index (χ3n) is 2.88. The highest BCUT2D eigenvalue weighted by molar-refractivity contribution is 5.91. The van der Waals surface area contributed by atoms with Gasteiger partial charge in [-0.1, -0.05) is 17.2 Å². The first kappa shape index (κ1) is 16.4. The molecule has 6 nitrogen and oxygen atoms in total. The fraction of sp³-hybridized carbons (Fsp3) is 0.214. The van der Waals surface area contributed by atoms with Gasteiger partial charge in [0, 0.05) is 11.5 Å². The Hall–Kier alpha value is -2.93. The van der Waals surface area contributed by atoms with Crippen LogP contribution in [0.5, 0.6) is 0 Å². The summed E-state index contributed by atoms with van der Waals surface area (Å²) in [5.74, 6) is -0.276. The zero-order chi connectivity index (χ0) is 16.9. The Kier molecular flexibility index (Phi) is 4.92. The van der Waals surface area contributed by atoms with Gasteiger partial charge in [0.1, 0.15) is 5.76 Å². The molecule has 0 bridgehead atoms. The van der Waals surface area contributed by atoms with Crippen LogP contribution in [0.25, 0.3) is 10.4 Å². The lowest BCUT2D eigenvalue weighted by Gasteiger charge is -2.09. The third kappa shape index (κ3) is 4.52. The maximum absolute atomic E-state index is 12.6. The summed E-state index contributed by atoms with van der Waals surface area (Å²) in [6.45, 7) is -0.105. The molecule has 1 heterocycles. The largest absolute Gasteiger partial charge is 0.456 e. The van der Waals surface area contributed by atoms with E-state index in [9.17, 15) is 18.0 Å². The molecule has 0 aliphatic rings. The third-order valence-corrected chi connectivity index (χ3v) is 2.88. The highest BCUT2D eigenvalue weighted by Gasteiger charge is 2.30. The van der Waals surface area contributed by atoms with Gasteiger partial charge in [-0.3, -0.25) is 4.79 Å². The molecule has 1 aromatic carbocycles. The van der Waals surface area contributed by atoms with E-state index in [0.29, 0.717) is 11.3 Å². The zero-order valence-electron chi connectivity index (χ0n) is 11.7. The van der Waals surface area contributed by atoms with Crippen LogP contribution in [-0.2, 0) is 19.3 Å². The van der Waals surface area contributed by atoms with Crippen LogP contribution in [-0.4, -0.2) is 5.91 Å². The van der Waals surface area contributed by atoms with Gasteiger partial charge in [-0.2, -0.15) is 13.2 Å².